The van der Waals surface area contributed by atoms with Crippen LogP contribution in [0.2, 0.25) is 0 Å². The Kier molecular flexibility index (Phi) is 4.55. The largest absolute Gasteiger partial charge is 0.497 e. The third kappa shape index (κ3) is 3.32. The zero-order valence-corrected chi connectivity index (χ0v) is 14.4. The minimum atomic E-state index is -0.0949. The fourth-order valence-electron chi connectivity index (χ4n) is 3.42. The molecule has 0 radical (unpaired) electrons. The maximum absolute atomic E-state index is 12.4. The Morgan fingerprint density at radius 2 is 2.12 bits per heavy atom. The number of ether oxygens (including phenoxy) is 2. The van der Waals surface area contributed by atoms with Crippen LogP contribution < -0.4 is 15.6 Å². The average Bonchev–Trinajstić information content (AvgIpc) is 3.07. The van der Waals surface area contributed by atoms with E-state index < -0.39 is 0 Å². The number of hydrogen-bond donors (Lipinski definition) is 1. The lowest BCUT2D eigenvalue weighted by Crippen LogP contribution is -2.48. The molecule has 1 aliphatic heterocycles. The quantitative estimate of drug-likeness (QED) is 0.901. The van der Waals surface area contributed by atoms with E-state index in [0.717, 1.165) is 17.0 Å². The minimum absolute atomic E-state index is 0.0707. The molecule has 6 heteroatoms. The van der Waals surface area contributed by atoms with Crippen LogP contribution in [0.4, 0.5) is 0 Å². The molecular formula is C19H23N3O3. The molecule has 1 saturated carbocycles. The Labute approximate surface area is 146 Å². The summed E-state index contributed by atoms with van der Waals surface area (Å²) in [5.74, 6) is 0.769. The molecule has 1 aromatic heterocycles. The molecule has 1 aromatic carbocycles. The summed E-state index contributed by atoms with van der Waals surface area (Å²) in [4.78, 5) is 12.4. The molecule has 6 nitrogen and oxygen atoms in total. The first-order valence-corrected chi connectivity index (χ1v) is 8.82. The maximum atomic E-state index is 12.4. The molecule has 2 unspecified atom stereocenters. The second-order valence-corrected chi connectivity index (χ2v) is 6.74. The number of aromatic nitrogens is 2. The lowest BCUT2D eigenvalue weighted by Gasteiger charge is -2.31. The van der Waals surface area contributed by atoms with Gasteiger partial charge in [0.25, 0.3) is 5.56 Å². The van der Waals surface area contributed by atoms with Crippen molar-refractivity contribution in [2.24, 2.45) is 0 Å². The Balaban J connectivity index is 1.63. The van der Waals surface area contributed by atoms with Crippen LogP contribution in [0.1, 0.15) is 25.3 Å². The second-order valence-electron chi connectivity index (χ2n) is 6.74. The second kappa shape index (κ2) is 6.98. The number of hydrogen-bond acceptors (Lipinski definition) is 5. The van der Waals surface area contributed by atoms with Crippen molar-refractivity contribution in [2.45, 2.75) is 37.4 Å². The highest BCUT2D eigenvalue weighted by molar-refractivity contribution is 5.60. The lowest BCUT2D eigenvalue weighted by molar-refractivity contribution is 0.178. The molecule has 1 aliphatic carbocycles. The van der Waals surface area contributed by atoms with Crippen LogP contribution in [0.5, 0.6) is 5.75 Å². The van der Waals surface area contributed by atoms with Gasteiger partial charge in [0.15, 0.2) is 0 Å². The number of benzene rings is 1. The zero-order valence-electron chi connectivity index (χ0n) is 14.4. The molecule has 2 heterocycles. The fourth-order valence-corrected chi connectivity index (χ4v) is 3.42. The zero-order chi connectivity index (χ0) is 17.2. The van der Waals surface area contributed by atoms with Gasteiger partial charge in [-0.2, -0.15) is 5.10 Å². The van der Waals surface area contributed by atoms with Crippen molar-refractivity contribution in [3.8, 4) is 17.0 Å². The minimum Gasteiger partial charge on any atom is -0.497 e. The summed E-state index contributed by atoms with van der Waals surface area (Å²) in [5.41, 5.74) is 1.59. The standard InChI is InChI=1S/C19H23N3O3/c1-24-15-7-2-4-13(10-15)16-8-9-19(23)22(21-16)18-12-25-11-17(18)20-14-5-3-6-14/h2,4,7-10,14,17-18,20H,3,5-6,11-12H2,1H3. The van der Waals surface area contributed by atoms with E-state index in [4.69, 9.17) is 9.47 Å². The molecule has 2 fully saturated rings. The van der Waals surface area contributed by atoms with Crippen molar-refractivity contribution in [1.29, 1.82) is 0 Å². The average molecular weight is 341 g/mol. The SMILES string of the molecule is COc1cccc(-c2ccc(=O)n(C3COCC3NC3CCC3)n2)c1. The van der Waals surface area contributed by atoms with Crippen molar-refractivity contribution in [2.75, 3.05) is 20.3 Å². The van der Waals surface area contributed by atoms with Gasteiger partial charge >= 0.3 is 0 Å². The highest BCUT2D eigenvalue weighted by Crippen LogP contribution is 2.25. The van der Waals surface area contributed by atoms with Gasteiger partial charge in [-0.05, 0) is 31.0 Å². The Hall–Kier alpha value is -2.18. The normalized spacial score (nSPS) is 23.4. The van der Waals surface area contributed by atoms with E-state index in [1.165, 1.54) is 19.3 Å². The third-order valence-corrected chi connectivity index (χ3v) is 5.11. The number of nitrogens with one attached hydrogen (secondary N) is 1. The number of rotatable bonds is 5. The predicted molar refractivity (Wildman–Crippen MR) is 94.9 cm³/mol. The number of methoxy groups -OCH3 is 1. The van der Waals surface area contributed by atoms with E-state index in [1.54, 1.807) is 23.9 Å². The molecule has 0 bridgehead atoms. The topological polar surface area (TPSA) is 65.4 Å². The Bertz CT molecular complexity index is 800. The molecule has 132 valence electrons. The summed E-state index contributed by atoms with van der Waals surface area (Å²) in [6, 6.07) is 11.7. The van der Waals surface area contributed by atoms with E-state index >= 15 is 0 Å². The molecule has 25 heavy (non-hydrogen) atoms. The Morgan fingerprint density at radius 3 is 2.88 bits per heavy atom. The van der Waals surface area contributed by atoms with Crippen LogP contribution in [0.3, 0.4) is 0 Å². The third-order valence-electron chi connectivity index (χ3n) is 5.11. The highest BCUT2D eigenvalue weighted by Gasteiger charge is 2.34. The van der Waals surface area contributed by atoms with Crippen molar-refractivity contribution in [1.82, 2.24) is 15.1 Å². The van der Waals surface area contributed by atoms with Crippen LogP contribution in [0.15, 0.2) is 41.2 Å². The maximum Gasteiger partial charge on any atom is 0.267 e. The Morgan fingerprint density at radius 1 is 1.24 bits per heavy atom. The summed E-state index contributed by atoms with van der Waals surface area (Å²) in [5, 5.41) is 8.25. The van der Waals surface area contributed by atoms with Gasteiger partial charge in [0.2, 0.25) is 0 Å². The van der Waals surface area contributed by atoms with Gasteiger partial charge in [-0.25, -0.2) is 4.68 Å². The van der Waals surface area contributed by atoms with Gasteiger partial charge < -0.3 is 14.8 Å². The van der Waals surface area contributed by atoms with Gasteiger partial charge in [0.1, 0.15) is 5.75 Å². The van der Waals surface area contributed by atoms with Crippen LogP contribution in [-0.2, 0) is 4.74 Å². The van der Waals surface area contributed by atoms with Gasteiger partial charge in [-0.1, -0.05) is 18.6 Å². The lowest BCUT2D eigenvalue weighted by atomic mass is 9.92. The fraction of sp³-hybridized carbons (Fsp3) is 0.474. The van der Waals surface area contributed by atoms with Crippen LogP contribution in [0, 0.1) is 0 Å². The molecule has 0 spiro atoms. The van der Waals surface area contributed by atoms with Crippen molar-refractivity contribution in [3.05, 3.63) is 46.8 Å². The van der Waals surface area contributed by atoms with Gasteiger partial charge in [0, 0.05) is 17.7 Å². The van der Waals surface area contributed by atoms with E-state index in [9.17, 15) is 4.79 Å². The van der Waals surface area contributed by atoms with Crippen LogP contribution >= 0.6 is 0 Å². The van der Waals surface area contributed by atoms with E-state index in [1.807, 2.05) is 24.3 Å². The molecule has 4 rings (SSSR count). The first kappa shape index (κ1) is 16.3. The molecule has 1 saturated heterocycles. The first-order chi connectivity index (χ1) is 12.2. The summed E-state index contributed by atoms with van der Waals surface area (Å²) >= 11 is 0. The monoisotopic (exact) mass is 341 g/mol. The molecule has 1 N–H and O–H groups in total. The molecular weight excluding hydrogens is 318 g/mol. The van der Waals surface area contributed by atoms with E-state index in [-0.39, 0.29) is 17.6 Å². The summed E-state index contributed by atoms with van der Waals surface area (Å²) in [7, 11) is 1.64. The predicted octanol–water partition coefficient (Wildman–Crippen LogP) is 2.00. The van der Waals surface area contributed by atoms with Crippen molar-refractivity contribution >= 4 is 0 Å². The molecule has 2 atom stereocenters. The smallest absolute Gasteiger partial charge is 0.267 e. The molecule has 2 aliphatic rings. The molecule has 0 amide bonds. The highest BCUT2D eigenvalue weighted by atomic mass is 16.5. The summed E-state index contributed by atoms with van der Waals surface area (Å²) < 4.78 is 12.5. The number of nitrogens with zero attached hydrogens (tertiary/aromatic N) is 2. The van der Waals surface area contributed by atoms with Gasteiger partial charge in [0.05, 0.1) is 38.1 Å². The first-order valence-electron chi connectivity index (χ1n) is 8.82. The van der Waals surface area contributed by atoms with Crippen molar-refractivity contribution in [3.63, 3.8) is 0 Å². The van der Waals surface area contributed by atoms with Crippen LogP contribution in [-0.4, -0.2) is 42.2 Å². The van der Waals surface area contributed by atoms with Crippen molar-refractivity contribution < 1.29 is 9.47 Å². The van der Waals surface area contributed by atoms with E-state index in [2.05, 4.69) is 10.4 Å². The molecule has 2 aromatic rings. The van der Waals surface area contributed by atoms with Crippen LogP contribution in [0.25, 0.3) is 11.3 Å². The van der Waals surface area contributed by atoms with Gasteiger partial charge in [-0.15, -0.1) is 0 Å². The summed E-state index contributed by atoms with van der Waals surface area (Å²) in [6.45, 7) is 1.14. The van der Waals surface area contributed by atoms with Gasteiger partial charge in [-0.3, -0.25) is 4.79 Å². The summed E-state index contributed by atoms with van der Waals surface area (Å²) in [6.07, 6.45) is 3.68. The van der Waals surface area contributed by atoms with E-state index in [0.29, 0.717) is 19.3 Å².